The van der Waals surface area contributed by atoms with Crippen molar-refractivity contribution < 1.29 is 14.3 Å². The number of nitrogens with one attached hydrogen (secondary N) is 2. The lowest BCUT2D eigenvalue weighted by molar-refractivity contribution is 0.0511. The van der Waals surface area contributed by atoms with Crippen LogP contribution in [-0.4, -0.2) is 50.5 Å². The van der Waals surface area contributed by atoms with Gasteiger partial charge in [-0.15, -0.1) is 0 Å². The zero-order valence-electron chi connectivity index (χ0n) is 8.35. The van der Waals surface area contributed by atoms with Gasteiger partial charge < -0.3 is 20.1 Å². The van der Waals surface area contributed by atoms with Gasteiger partial charge in [-0.05, 0) is 7.05 Å². The van der Waals surface area contributed by atoms with E-state index < -0.39 is 0 Å². The maximum Gasteiger partial charge on any atom is 0.280 e. The number of hydrogen-bond acceptors (Lipinski definition) is 4. The molecule has 0 aliphatic heterocycles. The third-order valence-electron chi connectivity index (χ3n) is 1.38. The molecule has 0 bridgehead atoms. The summed E-state index contributed by atoms with van der Waals surface area (Å²) >= 11 is 1.69. The molecule has 0 aromatic rings. The van der Waals surface area contributed by atoms with E-state index in [0.29, 0.717) is 33.0 Å². The highest BCUT2D eigenvalue weighted by Gasteiger charge is 1.92. The number of hydrogen-bond donors (Lipinski definition) is 2. The number of carbonyl (C=O) groups excluding carboxylic acids is 1. The van der Waals surface area contributed by atoms with Gasteiger partial charge in [-0.2, -0.15) is 0 Å². The molecule has 0 aromatic carbocycles. The smallest absolute Gasteiger partial charge is 0.280 e. The second-order valence-corrected chi connectivity index (χ2v) is 3.51. The lowest BCUT2D eigenvalue weighted by Gasteiger charge is -2.05. The summed E-state index contributed by atoms with van der Waals surface area (Å²) in [4.78, 5) is 10.4. The summed E-state index contributed by atoms with van der Waals surface area (Å²) in [6, 6.07) is 0. The molecule has 0 spiro atoms. The van der Waals surface area contributed by atoms with Crippen molar-refractivity contribution in [3.8, 4) is 0 Å². The quantitative estimate of drug-likeness (QED) is 0.280. The van der Waals surface area contributed by atoms with Gasteiger partial charge in [0.1, 0.15) is 0 Å². The molecule has 0 fully saturated rings. The number of likely N-dealkylation sites (N-methyl/N-ethyl adjacent to an activating group) is 1. The summed E-state index contributed by atoms with van der Waals surface area (Å²) in [5, 5.41) is 5.61. The second-order valence-electron chi connectivity index (χ2n) is 2.53. The Balaban J connectivity index is 2.88. The molecule has 0 unspecified atom stereocenters. The fourth-order valence-corrected chi connectivity index (χ4v) is 0.987. The predicted molar refractivity (Wildman–Crippen MR) is 63.0 cm³/mol. The minimum absolute atomic E-state index is 0.0588. The Bertz CT molecular complexity index is 147. The normalized spacial score (nSPS) is 10.1. The SMILES string of the molecule is CNCCOCCOCCNC(=O)I. The minimum atomic E-state index is -0.0588. The summed E-state index contributed by atoms with van der Waals surface area (Å²) in [6.07, 6.45) is 0. The van der Waals surface area contributed by atoms with Crippen LogP contribution in [0.1, 0.15) is 0 Å². The van der Waals surface area contributed by atoms with Crippen LogP contribution in [0.2, 0.25) is 0 Å². The highest BCUT2D eigenvalue weighted by atomic mass is 127. The van der Waals surface area contributed by atoms with Crippen LogP contribution in [0.4, 0.5) is 4.79 Å². The molecular weight excluding hydrogens is 299 g/mol. The van der Waals surface area contributed by atoms with Crippen molar-refractivity contribution in [2.24, 2.45) is 0 Å². The number of halogens is 1. The van der Waals surface area contributed by atoms with Crippen molar-refractivity contribution in [1.82, 2.24) is 10.6 Å². The van der Waals surface area contributed by atoms with Crippen LogP contribution in [0.5, 0.6) is 0 Å². The highest BCUT2D eigenvalue weighted by molar-refractivity contribution is 14.1. The molecule has 0 aliphatic carbocycles. The van der Waals surface area contributed by atoms with Crippen molar-refractivity contribution >= 4 is 26.5 Å². The first-order chi connectivity index (χ1) is 6.77. The largest absolute Gasteiger partial charge is 0.378 e. The molecule has 2 N–H and O–H groups in total. The van der Waals surface area contributed by atoms with Crippen molar-refractivity contribution in [2.75, 3.05) is 46.6 Å². The lowest BCUT2D eigenvalue weighted by Crippen LogP contribution is -2.22. The van der Waals surface area contributed by atoms with Gasteiger partial charge in [0.15, 0.2) is 0 Å². The van der Waals surface area contributed by atoms with E-state index in [2.05, 4.69) is 10.6 Å². The summed E-state index contributed by atoms with van der Waals surface area (Å²) in [5.74, 6) is 0. The van der Waals surface area contributed by atoms with Crippen molar-refractivity contribution in [3.63, 3.8) is 0 Å². The van der Waals surface area contributed by atoms with Crippen molar-refractivity contribution in [1.29, 1.82) is 0 Å². The van der Waals surface area contributed by atoms with Crippen LogP contribution in [0.25, 0.3) is 0 Å². The Kier molecular flexibility index (Phi) is 11.2. The maximum absolute atomic E-state index is 10.4. The van der Waals surface area contributed by atoms with Crippen molar-refractivity contribution in [3.05, 3.63) is 0 Å². The maximum atomic E-state index is 10.4. The molecule has 0 saturated heterocycles. The van der Waals surface area contributed by atoms with Crippen LogP contribution in [-0.2, 0) is 9.47 Å². The van der Waals surface area contributed by atoms with E-state index in [1.165, 1.54) is 0 Å². The Labute approximate surface area is 98.0 Å². The highest BCUT2D eigenvalue weighted by Crippen LogP contribution is 1.82. The van der Waals surface area contributed by atoms with E-state index in [-0.39, 0.29) is 3.91 Å². The van der Waals surface area contributed by atoms with E-state index in [9.17, 15) is 4.79 Å². The average Bonchev–Trinajstić information content (AvgIpc) is 2.15. The molecule has 0 aromatic heterocycles. The Hall–Kier alpha value is 0.0800. The van der Waals surface area contributed by atoms with Crippen molar-refractivity contribution in [2.45, 2.75) is 0 Å². The van der Waals surface area contributed by atoms with Gasteiger partial charge in [0.05, 0.1) is 26.4 Å². The molecular formula is C8H17IN2O3. The number of amides is 1. The summed E-state index contributed by atoms with van der Waals surface area (Å²) in [6.45, 7) is 3.80. The monoisotopic (exact) mass is 316 g/mol. The topological polar surface area (TPSA) is 59.6 Å². The van der Waals surface area contributed by atoms with Crippen LogP contribution in [0.15, 0.2) is 0 Å². The number of carbonyl (C=O) groups is 1. The van der Waals surface area contributed by atoms with Crippen LogP contribution >= 0.6 is 22.6 Å². The number of ether oxygens (including phenoxy) is 2. The van der Waals surface area contributed by atoms with E-state index in [1.807, 2.05) is 7.05 Å². The first kappa shape index (κ1) is 14.1. The fraction of sp³-hybridized carbons (Fsp3) is 0.875. The first-order valence-electron chi connectivity index (χ1n) is 4.50. The Morgan fingerprint density at radius 2 is 1.71 bits per heavy atom. The fourth-order valence-electron chi connectivity index (χ4n) is 0.718. The minimum Gasteiger partial charge on any atom is -0.378 e. The van der Waals surface area contributed by atoms with Gasteiger partial charge in [0.2, 0.25) is 0 Å². The molecule has 0 saturated carbocycles. The third kappa shape index (κ3) is 12.1. The molecule has 0 heterocycles. The van der Waals surface area contributed by atoms with E-state index in [4.69, 9.17) is 9.47 Å². The van der Waals surface area contributed by atoms with Crippen LogP contribution < -0.4 is 10.6 Å². The molecule has 0 radical (unpaired) electrons. The van der Waals surface area contributed by atoms with Gasteiger partial charge >= 0.3 is 0 Å². The first-order valence-corrected chi connectivity index (χ1v) is 5.58. The molecule has 1 amide bonds. The standard InChI is InChI=1S/C8H17IN2O3/c1-10-2-4-13-6-7-14-5-3-11-8(9)12/h10H,2-7H2,1H3,(H,11,12). The molecule has 0 rings (SSSR count). The predicted octanol–water partition coefficient (Wildman–Crippen LogP) is 0.384. The third-order valence-corrected chi connectivity index (χ3v) is 1.76. The zero-order valence-corrected chi connectivity index (χ0v) is 10.5. The summed E-state index contributed by atoms with van der Waals surface area (Å²) in [7, 11) is 1.88. The second kappa shape index (κ2) is 11.2. The molecule has 0 atom stereocenters. The summed E-state index contributed by atoms with van der Waals surface area (Å²) in [5.41, 5.74) is 0. The van der Waals surface area contributed by atoms with E-state index in [0.717, 1.165) is 6.54 Å². The van der Waals surface area contributed by atoms with Gasteiger partial charge in [0, 0.05) is 35.7 Å². The average molecular weight is 316 g/mol. The van der Waals surface area contributed by atoms with E-state index >= 15 is 0 Å². The van der Waals surface area contributed by atoms with Gasteiger partial charge in [0.25, 0.3) is 3.91 Å². The molecule has 6 heteroatoms. The van der Waals surface area contributed by atoms with Crippen LogP contribution in [0, 0.1) is 0 Å². The molecule has 14 heavy (non-hydrogen) atoms. The van der Waals surface area contributed by atoms with Gasteiger partial charge in [-0.25, -0.2) is 0 Å². The van der Waals surface area contributed by atoms with Gasteiger partial charge in [-0.1, -0.05) is 0 Å². The molecule has 0 aliphatic rings. The summed E-state index contributed by atoms with van der Waals surface area (Å²) < 4.78 is 10.4. The van der Waals surface area contributed by atoms with Gasteiger partial charge in [-0.3, -0.25) is 4.79 Å². The van der Waals surface area contributed by atoms with Crippen LogP contribution in [0.3, 0.4) is 0 Å². The Morgan fingerprint density at radius 1 is 1.14 bits per heavy atom. The zero-order chi connectivity index (χ0) is 10.6. The molecule has 84 valence electrons. The van der Waals surface area contributed by atoms with E-state index in [1.54, 1.807) is 22.6 Å². The number of rotatable bonds is 9. The molecule has 5 nitrogen and oxygen atoms in total. The lowest BCUT2D eigenvalue weighted by atomic mass is 10.6. The Morgan fingerprint density at radius 3 is 2.21 bits per heavy atom.